The van der Waals surface area contributed by atoms with Gasteiger partial charge in [-0.05, 0) is 36.5 Å². The zero-order chi connectivity index (χ0) is 16.2. The zero-order valence-corrected chi connectivity index (χ0v) is 14.2. The van der Waals surface area contributed by atoms with Crippen molar-refractivity contribution in [2.45, 2.75) is 0 Å². The van der Waals surface area contributed by atoms with Crippen LogP contribution in [-0.4, -0.2) is 28.5 Å². The first-order valence-electron chi connectivity index (χ1n) is 6.77. The van der Waals surface area contributed by atoms with Gasteiger partial charge in [-0.1, -0.05) is 35.5 Å². The first-order chi connectivity index (χ1) is 11.1. The van der Waals surface area contributed by atoms with E-state index in [0.29, 0.717) is 10.8 Å². The number of halogens is 1. The lowest BCUT2D eigenvalue weighted by Crippen LogP contribution is -2.40. The number of nitrogens with one attached hydrogen (secondary N) is 2. The summed E-state index contributed by atoms with van der Waals surface area (Å²) in [7, 11) is 0. The molecule has 1 aliphatic heterocycles. The number of benzene rings is 1. The Kier molecular flexibility index (Phi) is 5.00. The molecule has 3 rings (SSSR count). The van der Waals surface area contributed by atoms with Crippen LogP contribution in [-0.2, 0) is 0 Å². The zero-order valence-electron chi connectivity index (χ0n) is 11.8. The number of carbonyl (C=O) groups excluding carboxylic acids is 1. The second kappa shape index (κ2) is 7.16. The molecule has 1 amide bonds. The minimum absolute atomic E-state index is 0.171. The van der Waals surface area contributed by atoms with Crippen molar-refractivity contribution < 1.29 is 9.21 Å². The molecule has 0 spiro atoms. The highest BCUT2D eigenvalue weighted by molar-refractivity contribution is 8.14. The van der Waals surface area contributed by atoms with Crippen LogP contribution >= 0.6 is 35.6 Å². The van der Waals surface area contributed by atoms with Gasteiger partial charge in [0.1, 0.15) is 5.76 Å². The highest BCUT2D eigenvalue weighted by Crippen LogP contribution is 2.24. The summed E-state index contributed by atoms with van der Waals surface area (Å²) in [6, 6.07) is 10.5. The maximum atomic E-state index is 12.1. The molecule has 0 unspecified atom stereocenters. The average molecular weight is 366 g/mol. The van der Waals surface area contributed by atoms with Crippen molar-refractivity contribution in [1.29, 1.82) is 0 Å². The summed E-state index contributed by atoms with van der Waals surface area (Å²) < 4.78 is 5.56. The molecular formula is C15H12ClN3O2S2. The lowest BCUT2D eigenvalue weighted by molar-refractivity contribution is 0.0951. The number of rotatable bonds is 2. The van der Waals surface area contributed by atoms with E-state index in [2.05, 4.69) is 15.6 Å². The number of thioether (sulfide) groups is 1. The van der Waals surface area contributed by atoms with Gasteiger partial charge in [0.15, 0.2) is 16.0 Å². The van der Waals surface area contributed by atoms with Crippen LogP contribution in [0.2, 0.25) is 5.02 Å². The van der Waals surface area contributed by atoms with Crippen LogP contribution in [0.3, 0.4) is 0 Å². The Hall–Kier alpha value is -1.83. The molecule has 2 heterocycles. The molecule has 0 saturated carbocycles. The summed E-state index contributed by atoms with van der Waals surface area (Å²) in [5.41, 5.74) is 0.800. The molecule has 0 atom stereocenters. The molecule has 2 N–H and O–H groups in total. The number of carbonyl (C=O) groups is 1. The number of hydrogen-bond donors (Lipinski definition) is 2. The Morgan fingerprint density at radius 3 is 2.96 bits per heavy atom. The average Bonchev–Trinajstić information content (AvgIpc) is 3.18. The van der Waals surface area contributed by atoms with Gasteiger partial charge in [0.2, 0.25) is 0 Å². The van der Waals surface area contributed by atoms with Gasteiger partial charge < -0.3 is 9.73 Å². The summed E-state index contributed by atoms with van der Waals surface area (Å²) in [6.45, 7) is 0.755. The monoisotopic (exact) mass is 365 g/mol. The van der Waals surface area contributed by atoms with Gasteiger partial charge in [-0.15, -0.1) is 0 Å². The first kappa shape index (κ1) is 16.0. The van der Waals surface area contributed by atoms with Crippen LogP contribution in [0.5, 0.6) is 0 Å². The smallest absolute Gasteiger partial charge is 0.293 e. The Morgan fingerprint density at radius 1 is 1.35 bits per heavy atom. The van der Waals surface area contributed by atoms with Crippen molar-refractivity contribution in [2.75, 3.05) is 12.3 Å². The summed E-state index contributed by atoms with van der Waals surface area (Å²) in [5, 5.41) is 6.96. The molecule has 2 aromatic rings. The topological polar surface area (TPSA) is 66.6 Å². The number of nitrogens with zero attached hydrogens (tertiary/aromatic N) is 1. The van der Waals surface area contributed by atoms with Crippen LogP contribution in [0.15, 0.2) is 45.8 Å². The predicted molar refractivity (Wildman–Crippen MR) is 97.1 cm³/mol. The van der Waals surface area contributed by atoms with E-state index in [4.69, 9.17) is 28.2 Å². The van der Waals surface area contributed by atoms with Gasteiger partial charge in [-0.2, -0.15) is 0 Å². The van der Waals surface area contributed by atoms with Crippen molar-refractivity contribution in [3.05, 3.63) is 47.2 Å². The molecule has 0 saturated heterocycles. The van der Waals surface area contributed by atoms with Gasteiger partial charge in [0.05, 0.1) is 6.54 Å². The van der Waals surface area contributed by atoms with Crippen LogP contribution < -0.4 is 10.6 Å². The fourth-order valence-electron chi connectivity index (χ4n) is 1.96. The third-order valence-electron chi connectivity index (χ3n) is 2.97. The maximum Gasteiger partial charge on any atom is 0.293 e. The fourth-order valence-corrected chi connectivity index (χ4v) is 3.14. The molecule has 118 valence electrons. The van der Waals surface area contributed by atoms with Gasteiger partial charge >= 0.3 is 0 Å². The number of amidine groups is 1. The summed E-state index contributed by atoms with van der Waals surface area (Å²) in [4.78, 5) is 16.3. The van der Waals surface area contributed by atoms with E-state index in [1.54, 1.807) is 36.0 Å². The van der Waals surface area contributed by atoms with Gasteiger partial charge in [0, 0.05) is 16.3 Å². The van der Waals surface area contributed by atoms with E-state index in [1.165, 1.54) is 0 Å². The highest BCUT2D eigenvalue weighted by atomic mass is 35.5. The number of thiocarbonyl (C=S) groups is 1. The first-order valence-corrected chi connectivity index (χ1v) is 8.54. The number of hydrogen-bond acceptors (Lipinski definition) is 5. The van der Waals surface area contributed by atoms with E-state index in [9.17, 15) is 4.79 Å². The van der Waals surface area contributed by atoms with Crippen molar-refractivity contribution in [1.82, 2.24) is 10.6 Å². The summed E-state index contributed by atoms with van der Waals surface area (Å²) >= 11 is 12.6. The standard InChI is InChI=1S/C15H12ClN3O2S2/c16-10-3-1-2-9(8-10)11-4-5-12(21-11)13(20)18-14(22)19-15-17-6-7-23-15/h1-5,8H,6-7H2,(H2,17,18,19,20,22). The Morgan fingerprint density at radius 2 is 2.22 bits per heavy atom. The van der Waals surface area contributed by atoms with E-state index in [0.717, 1.165) is 23.0 Å². The molecule has 0 fully saturated rings. The Balaban J connectivity index is 1.65. The quantitative estimate of drug-likeness (QED) is 0.799. The van der Waals surface area contributed by atoms with E-state index in [-0.39, 0.29) is 10.9 Å². The van der Waals surface area contributed by atoms with Crippen molar-refractivity contribution in [3.8, 4) is 11.3 Å². The maximum absolute atomic E-state index is 12.1. The molecule has 1 aromatic heterocycles. The second-order valence-electron chi connectivity index (χ2n) is 4.62. The molecule has 8 heteroatoms. The van der Waals surface area contributed by atoms with Gasteiger partial charge in [-0.25, -0.2) is 0 Å². The minimum Gasteiger partial charge on any atom is -0.451 e. The minimum atomic E-state index is -0.417. The molecule has 0 aliphatic carbocycles. The normalized spacial score (nSPS) is 13.5. The molecule has 0 bridgehead atoms. The lowest BCUT2D eigenvalue weighted by atomic mass is 10.2. The number of amides is 1. The van der Waals surface area contributed by atoms with E-state index < -0.39 is 5.91 Å². The van der Waals surface area contributed by atoms with Crippen LogP contribution in [0, 0.1) is 0 Å². The molecule has 5 nitrogen and oxygen atoms in total. The third kappa shape index (κ3) is 4.13. The fraction of sp³-hybridized carbons (Fsp3) is 0.133. The number of aliphatic imine (C=N–C) groups is 1. The molecule has 1 aliphatic rings. The van der Waals surface area contributed by atoms with Crippen molar-refractivity contribution in [3.63, 3.8) is 0 Å². The largest absolute Gasteiger partial charge is 0.451 e. The molecule has 0 radical (unpaired) electrons. The van der Waals surface area contributed by atoms with Gasteiger partial charge in [0.25, 0.3) is 5.91 Å². The molecular weight excluding hydrogens is 354 g/mol. The third-order valence-corrected chi connectivity index (χ3v) is 4.30. The van der Waals surface area contributed by atoms with Crippen LogP contribution in [0.25, 0.3) is 11.3 Å². The molecule has 23 heavy (non-hydrogen) atoms. The van der Waals surface area contributed by atoms with E-state index in [1.807, 2.05) is 12.1 Å². The van der Waals surface area contributed by atoms with Crippen molar-refractivity contribution in [2.24, 2.45) is 4.99 Å². The van der Waals surface area contributed by atoms with Crippen molar-refractivity contribution >= 4 is 51.8 Å². The van der Waals surface area contributed by atoms with Gasteiger partial charge in [-0.3, -0.25) is 15.1 Å². The summed E-state index contributed by atoms with van der Waals surface area (Å²) in [5.74, 6) is 1.23. The molecule has 1 aromatic carbocycles. The van der Waals surface area contributed by atoms with E-state index >= 15 is 0 Å². The highest BCUT2D eigenvalue weighted by Gasteiger charge is 2.15. The predicted octanol–water partition coefficient (Wildman–Crippen LogP) is 3.31. The second-order valence-corrected chi connectivity index (χ2v) is 6.55. The SMILES string of the molecule is O=C(NC(=S)NC1=NCCS1)c1ccc(-c2cccc(Cl)c2)o1. The van der Waals surface area contributed by atoms with Crippen LogP contribution in [0.4, 0.5) is 0 Å². The summed E-state index contributed by atoms with van der Waals surface area (Å²) in [6.07, 6.45) is 0. The lowest BCUT2D eigenvalue weighted by Gasteiger charge is -2.07. The van der Waals surface area contributed by atoms with Crippen LogP contribution in [0.1, 0.15) is 10.6 Å². The number of furan rings is 1. The Bertz CT molecular complexity index is 789. The Labute approximate surface area is 147 Å².